The van der Waals surface area contributed by atoms with Gasteiger partial charge >= 0.3 is 0 Å². The number of rotatable bonds is 6. The first-order chi connectivity index (χ1) is 10.6. The van der Waals surface area contributed by atoms with Crippen LogP contribution in [-0.2, 0) is 4.79 Å². The third kappa shape index (κ3) is 5.18. The number of aryl methyl sites for hydroxylation is 1. The van der Waals surface area contributed by atoms with Crippen molar-refractivity contribution in [3.05, 3.63) is 28.8 Å². The summed E-state index contributed by atoms with van der Waals surface area (Å²) in [6, 6.07) is 6.20. The Balaban J connectivity index is 1.65. The van der Waals surface area contributed by atoms with Gasteiger partial charge in [0.25, 0.3) is 0 Å². The third-order valence-corrected chi connectivity index (χ3v) is 4.48. The van der Waals surface area contributed by atoms with Gasteiger partial charge in [-0.1, -0.05) is 11.6 Å². The number of piperidine rings is 1. The van der Waals surface area contributed by atoms with E-state index in [0.717, 1.165) is 35.7 Å². The Hall–Kier alpha value is -1.26. The van der Waals surface area contributed by atoms with Crippen molar-refractivity contribution in [3.8, 4) is 5.75 Å². The number of amides is 1. The average Bonchev–Trinajstić information content (AvgIpc) is 2.49. The molecule has 0 bridgehead atoms. The van der Waals surface area contributed by atoms with Gasteiger partial charge in [-0.3, -0.25) is 4.79 Å². The average molecular weight is 325 g/mol. The summed E-state index contributed by atoms with van der Waals surface area (Å²) in [4.78, 5) is 12.0. The number of benzene rings is 1. The van der Waals surface area contributed by atoms with Crippen molar-refractivity contribution in [3.63, 3.8) is 0 Å². The summed E-state index contributed by atoms with van der Waals surface area (Å²) in [6.45, 7) is 5.65. The Morgan fingerprint density at radius 3 is 3.05 bits per heavy atom. The molecule has 1 aromatic rings. The number of nitrogens with one attached hydrogen (secondary N) is 2. The smallest absolute Gasteiger partial charge is 0.220 e. The molecule has 122 valence electrons. The van der Waals surface area contributed by atoms with Crippen molar-refractivity contribution in [1.82, 2.24) is 10.6 Å². The van der Waals surface area contributed by atoms with E-state index >= 15 is 0 Å². The number of hydrogen-bond acceptors (Lipinski definition) is 3. The first kappa shape index (κ1) is 17.1. The molecular weight excluding hydrogens is 300 g/mol. The SMILES string of the molecule is Cc1cc(OCCCC(=O)NC2CCCNC2C)ccc1Cl. The summed E-state index contributed by atoms with van der Waals surface area (Å²) in [5.41, 5.74) is 0.996. The fraction of sp³-hybridized carbons (Fsp3) is 0.588. The van der Waals surface area contributed by atoms with Gasteiger partial charge in [-0.15, -0.1) is 0 Å². The molecule has 1 aliphatic rings. The lowest BCUT2D eigenvalue weighted by atomic mass is 10.00. The van der Waals surface area contributed by atoms with Crippen LogP contribution in [0.3, 0.4) is 0 Å². The Kier molecular flexibility index (Phi) is 6.52. The highest BCUT2D eigenvalue weighted by molar-refractivity contribution is 6.31. The van der Waals surface area contributed by atoms with Crippen LogP contribution < -0.4 is 15.4 Å². The minimum Gasteiger partial charge on any atom is -0.494 e. The van der Waals surface area contributed by atoms with E-state index in [0.29, 0.717) is 25.5 Å². The minimum atomic E-state index is 0.108. The van der Waals surface area contributed by atoms with E-state index in [1.165, 1.54) is 0 Å². The molecule has 1 aromatic carbocycles. The van der Waals surface area contributed by atoms with Crippen molar-refractivity contribution in [2.45, 2.75) is 51.6 Å². The minimum absolute atomic E-state index is 0.108. The summed E-state index contributed by atoms with van der Waals surface area (Å²) in [6.07, 6.45) is 3.38. The molecule has 0 saturated carbocycles. The van der Waals surface area contributed by atoms with Gasteiger partial charge in [0.15, 0.2) is 0 Å². The lowest BCUT2D eigenvalue weighted by molar-refractivity contribution is -0.122. The van der Waals surface area contributed by atoms with Gasteiger partial charge < -0.3 is 15.4 Å². The van der Waals surface area contributed by atoms with Crippen molar-refractivity contribution >= 4 is 17.5 Å². The molecule has 0 spiro atoms. The van der Waals surface area contributed by atoms with Gasteiger partial charge in [0.2, 0.25) is 5.91 Å². The summed E-state index contributed by atoms with van der Waals surface area (Å²) in [5.74, 6) is 0.906. The largest absolute Gasteiger partial charge is 0.494 e. The third-order valence-electron chi connectivity index (χ3n) is 4.05. The number of carbonyl (C=O) groups is 1. The van der Waals surface area contributed by atoms with E-state index < -0.39 is 0 Å². The van der Waals surface area contributed by atoms with Crippen molar-refractivity contribution < 1.29 is 9.53 Å². The predicted molar refractivity (Wildman–Crippen MR) is 89.5 cm³/mol. The molecule has 4 nitrogen and oxygen atoms in total. The standard InChI is InChI=1S/C17H25ClN2O2/c1-12-11-14(7-8-15(12)18)22-10-4-6-17(21)20-16-5-3-9-19-13(16)2/h7-8,11,13,16,19H,3-6,9-10H2,1-2H3,(H,20,21). The van der Waals surface area contributed by atoms with E-state index in [4.69, 9.17) is 16.3 Å². The van der Waals surface area contributed by atoms with E-state index in [1.54, 1.807) is 0 Å². The van der Waals surface area contributed by atoms with Crippen LogP contribution in [0.25, 0.3) is 0 Å². The highest BCUT2D eigenvalue weighted by Crippen LogP contribution is 2.21. The molecule has 2 atom stereocenters. The lowest BCUT2D eigenvalue weighted by Crippen LogP contribution is -2.51. The Morgan fingerprint density at radius 2 is 2.32 bits per heavy atom. The topological polar surface area (TPSA) is 50.4 Å². The van der Waals surface area contributed by atoms with Gasteiger partial charge in [0, 0.05) is 23.5 Å². The lowest BCUT2D eigenvalue weighted by Gasteiger charge is -2.30. The normalized spacial score (nSPS) is 21.4. The molecule has 2 rings (SSSR count). The highest BCUT2D eigenvalue weighted by atomic mass is 35.5. The van der Waals surface area contributed by atoms with E-state index in [-0.39, 0.29) is 11.9 Å². The van der Waals surface area contributed by atoms with Crippen LogP contribution in [-0.4, -0.2) is 31.1 Å². The molecular formula is C17H25ClN2O2. The first-order valence-corrected chi connectivity index (χ1v) is 8.36. The molecule has 1 fully saturated rings. The van der Waals surface area contributed by atoms with Crippen molar-refractivity contribution in [1.29, 1.82) is 0 Å². The zero-order valence-electron chi connectivity index (χ0n) is 13.3. The molecule has 2 unspecified atom stereocenters. The van der Waals surface area contributed by atoms with Crippen LogP contribution in [0.5, 0.6) is 5.75 Å². The van der Waals surface area contributed by atoms with Crippen molar-refractivity contribution in [2.24, 2.45) is 0 Å². The molecule has 0 radical (unpaired) electrons. The number of carbonyl (C=O) groups excluding carboxylic acids is 1. The predicted octanol–water partition coefficient (Wildman–Crippen LogP) is 3.06. The summed E-state index contributed by atoms with van der Waals surface area (Å²) in [5, 5.41) is 7.23. The van der Waals surface area contributed by atoms with Crippen LogP contribution in [0.15, 0.2) is 18.2 Å². The summed E-state index contributed by atoms with van der Waals surface area (Å²) in [7, 11) is 0. The maximum atomic E-state index is 12.0. The second-order valence-corrected chi connectivity index (χ2v) is 6.33. The van der Waals surface area contributed by atoms with Crippen LogP contribution in [0.1, 0.15) is 38.2 Å². The van der Waals surface area contributed by atoms with E-state index in [9.17, 15) is 4.79 Å². The van der Waals surface area contributed by atoms with Gasteiger partial charge in [0.05, 0.1) is 6.61 Å². The second-order valence-electron chi connectivity index (χ2n) is 5.92. The zero-order chi connectivity index (χ0) is 15.9. The summed E-state index contributed by atoms with van der Waals surface area (Å²) >= 11 is 5.97. The monoisotopic (exact) mass is 324 g/mol. The molecule has 0 aromatic heterocycles. The molecule has 5 heteroatoms. The van der Waals surface area contributed by atoms with Crippen LogP contribution in [0, 0.1) is 6.92 Å². The van der Waals surface area contributed by atoms with E-state index in [2.05, 4.69) is 17.6 Å². The highest BCUT2D eigenvalue weighted by Gasteiger charge is 2.21. The molecule has 1 heterocycles. The molecule has 1 amide bonds. The number of halogens is 1. The van der Waals surface area contributed by atoms with Crippen LogP contribution in [0.2, 0.25) is 5.02 Å². The van der Waals surface area contributed by atoms with Crippen LogP contribution in [0.4, 0.5) is 0 Å². The molecule has 22 heavy (non-hydrogen) atoms. The first-order valence-electron chi connectivity index (χ1n) is 7.98. The molecule has 1 saturated heterocycles. The van der Waals surface area contributed by atoms with Gasteiger partial charge in [-0.05, 0) is 63.4 Å². The number of ether oxygens (including phenoxy) is 1. The summed E-state index contributed by atoms with van der Waals surface area (Å²) < 4.78 is 5.65. The molecule has 2 N–H and O–H groups in total. The van der Waals surface area contributed by atoms with Gasteiger partial charge in [-0.25, -0.2) is 0 Å². The Labute approximate surface area is 137 Å². The number of hydrogen-bond donors (Lipinski definition) is 2. The molecule has 1 aliphatic heterocycles. The Bertz CT molecular complexity index is 507. The van der Waals surface area contributed by atoms with Gasteiger partial charge in [-0.2, -0.15) is 0 Å². The fourth-order valence-electron chi connectivity index (χ4n) is 2.65. The van der Waals surface area contributed by atoms with E-state index in [1.807, 2.05) is 25.1 Å². The quantitative estimate of drug-likeness (QED) is 0.791. The van der Waals surface area contributed by atoms with Crippen LogP contribution >= 0.6 is 11.6 Å². The van der Waals surface area contributed by atoms with Gasteiger partial charge in [0.1, 0.15) is 5.75 Å². The second kappa shape index (κ2) is 8.39. The fourth-order valence-corrected chi connectivity index (χ4v) is 2.77. The Morgan fingerprint density at radius 1 is 1.50 bits per heavy atom. The molecule has 0 aliphatic carbocycles. The zero-order valence-corrected chi connectivity index (χ0v) is 14.1. The maximum Gasteiger partial charge on any atom is 0.220 e. The van der Waals surface area contributed by atoms with Crippen molar-refractivity contribution in [2.75, 3.05) is 13.2 Å². The maximum absolute atomic E-state index is 12.0.